The molecule has 1 atom stereocenters. The lowest BCUT2D eigenvalue weighted by atomic mass is 10.0. The number of halogens is 5. The number of aromatic nitrogens is 2. The third-order valence-electron chi connectivity index (χ3n) is 6.44. The summed E-state index contributed by atoms with van der Waals surface area (Å²) in [6.07, 6.45) is -4.43. The van der Waals surface area contributed by atoms with Crippen molar-refractivity contribution in [1.29, 1.82) is 0 Å². The summed E-state index contributed by atoms with van der Waals surface area (Å²) in [5, 5.41) is 13.4. The molecular formula is C27H24ClF4N5O. The first-order chi connectivity index (χ1) is 17.7. The van der Waals surface area contributed by atoms with Gasteiger partial charge in [0.15, 0.2) is 5.82 Å². The minimum Gasteiger partial charge on any atom is -0.351 e. The largest absolute Gasteiger partial charge is 0.416 e. The van der Waals surface area contributed by atoms with E-state index in [-0.39, 0.29) is 30.3 Å². The standard InChI is InChI=1S/C27H23F4N5O.ClH/c1-17-16-35(14-15-36(17)26(37)32-21-12-8-19(9-13-21)27(29,30)31)25-23-5-3-2-4-22(23)24(33-34-25)18-6-10-20(28)11-7-18;/h2-13,17H,14-16H2,1H3,(H,32,37);1H/t17-;/m0./s1. The zero-order valence-electron chi connectivity index (χ0n) is 20.2. The van der Waals surface area contributed by atoms with E-state index in [1.165, 1.54) is 24.3 Å². The summed E-state index contributed by atoms with van der Waals surface area (Å²) < 4.78 is 51.8. The predicted octanol–water partition coefficient (Wildman–Crippen LogP) is 6.62. The second kappa shape index (κ2) is 10.8. The molecular weight excluding hydrogens is 522 g/mol. The summed E-state index contributed by atoms with van der Waals surface area (Å²) in [4.78, 5) is 16.6. The number of piperazine rings is 1. The van der Waals surface area contributed by atoms with E-state index >= 15 is 0 Å². The van der Waals surface area contributed by atoms with Gasteiger partial charge in [-0.15, -0.1) is 22.6 Å². The summed E-state index contributed by atoms with van der Waals surface area (Å²) in [5.41, 5.74) is 0.934. The van der Waals surface area contributed by atoms with Crippen LogP contribution in [0.3, 0.4) is 0 Å². The Morgan fingerprint density at radius 2 is 1.58 bits per heavy atom. The Kier molecular flexibility index (Phi) is 7.73. The van der Waals surface area contributed by atoms with Crippen LogP contribution in [0.5, 0.6) is 0 Å². The fraction of sp³-hybridized carbons (Fsp3) is 0.222. The van der Waals surface area contributed by atoms with Crippen LogP contribution in [0.4, 0.5) is 33.9 Å². The number of fused-ring (bicyclic) bond motifs is 1. The molecule has 3 aromatic carbocycles. The maximum atomic E-state index is 13.4. The van der Waals surface area contributed by atoms with E-state index in [2.05, 4.69) is 20.4 Å². The van der Waals surface area contributed by atoms with Crippen molar-refractivity contribution < 1.29 is 22.4 Å². The maximum Gasteiger partial charge on any atom is 0.416 e. The molecule has 1 saturated heterocycles. The first-order valence-electron chi connectivity index (χ1n) is 11.7. The first-order valence-corrected chi connectivity index (χ1v) is 11.7. The Hall–Kier alpha value is -3.92. The van der Waals surface area contributed by atoms with Gasteiger partial charge in [0.2, 0.25) is 0 Å². The van der Waals surface area contributed by atoms with Crippen molar-refractivity contribution in [3.8, 4) is 11.3 Å². The third kappa shape index (κ3) is 5.50. The van der Waals surface area contributed by atoms with Crippen molar-refractivity contribution in [1.82, 2.24) is 15.1 Å². The maximum absolute atomic E-state index is 13.4. The minimum atomic E-state index is -4.43. The monoisotopic (exact) mass is 545 g/mol. The van der Waals surface area contributed by atoms with Gasteiger partial charge < -0.3 is 15.1 Å². The number of hydrogen-bond donors (Lipinski definition) is 1. The molecule has 1 aliphatic rings. The molecule has 0 saturated carbocycles. The number of amides is 2. The second-order valence-corrected chi connectivity index (χ2v) is 8.92. The van der Waals surface area contributed by atoms with Crippen LogP contribution in [0.2, 0.25) is 0 Å². The van der Waals surface area contributed by atoms with E-state index in [0.717, 1.165) is 28.5 Å². The second-order valence-electron chi connectivity index (χ2n) is 8.92. The topological polar surface area (TPSA) is 61.4 Å². The number of nitrogens with zero attached hydrogens (tertiary/aromatic N) is 4. The molecule has 1 aliphatic heterocycles. The Labute approximate surface area is 222 Å². The van der Waals surface area contributed by atoms with E-state index in [0.29, 0.717) is 36.8 Å². The van der Waals surface area contributed by atoms with E-state index in [9.17, 15) is 22.4 Å². The van der Waals surface area contributed by atoms with Gasteiger partial charge in [-0.1, -0.05) is 24.3 Å². The van der Waals surface area contributed by atoms with Crippen LogP contribution in [0.15, 0.2) is 72.8 Å². The Morgan fingerprint density at radius 3 is 2.21 bits per heavy atom. The first kappa shape index (κ1) is 27.1. The van der Waals surface area contributed by atoms with Gasteiger partial charge >= 0.3 is 12.2 Å². The Bertz CT molecular complexity index is 1430. The summed E-state index contributed by atoms with van der Waals surface area (Å²) >= 11 is 0. The average molecular weight is 546 g/mol. The van der Waals surface area contributed by atoms with E-state index in [1.807, 2.05) is 31.2 Å². The highest BCUT2D eigenvalue weighted by molar-refractivity contribution is 6.00. The molecule has 2 amide bonds. The highest BCUT2D eigenvalue weighted by Gasteiger charge is 2.31. The SMILES string of the molecule is C[C@H]1CN(c2nnc(-c3ccc(F)cc3)c3ccccc23)CCN1C(=O)Nc1ccc(C(F)(F)F)cc1.Cl. The molecule has 0 radical (unpaired) electrons. The van der Waals surface area contributed by atoms with Crippen LogP contribution in [-0.2, 0) is 6.18 Å². The number of carbonyl (C=O) groups is 1. The van der Waals surface area contributed by atoms with E-state index in [4.69, 9.17) is 0 Å². The number of alkyl halides is 3. The number of benzene rings is 3. The lowest BCUT2D eigenvalue weighted by Crippen LogP contribution is -2.55. The summed E-state index contributed by atoms with van der Waals surface area (Å²) in [6.45, 7) is 3.29. The number of carbonyl (C=O) groups excluding carboxylic acids is 1. The molecule has 2 heterocycles. The number of urea groups is 1. The van der Waals surface area contributed by atoms with Crippen molar-refractivity contribution in [2.45, 2.75) is 19.1 Å². The van der Waals surface area contributed by atoms with E-state index < -0.39 is 11.7 Å². The van der Waals surface area contributed by atoms with Gasteiger partial charge in [0, 0.05) is 47.7 Å². The lowest BCUT2D eigenvalue weighted by molar-refractivity contribution is -0.137. The third-order valence-corrected chi connectivity index (χ3v) is 6.44. The van der Waals surface area contributed by atoms with Crippen LogP contribution in [0.25, 0.3) is 22.0 Å². The molecule has 6 nitrogen and oxygen atoms in total. The van der Waals surface area contributed by atoms with Crippen molar-refractivity contribution >= 4 is 40.7 Å². The Morgan fingerprint density at radius 1 is 0.921 bits per heavy atom. The van der Waals surface area contributed by atoms with Gasteiger partial charge in [-0.25, -0.2) is 9.18 Å². The number of rotatable bonds is 3. The molecule has 1 N–H and O–H groups in total. The fourth-order valence-electron chi connectivity index (χ4n) is 4.53. The molecule has 198 valence electrons. The number of hydrogen-bond acceptors (Lipinski definition) is 4. The molecule has 4 aromatic rings. The highest BCUT2D eigenvalue weighted by atomic mass is 35.5. The van der Waals surface area contributed by atoms with Crippen LogP contribution < -0.4 is 10.2 Å². The van der Waals surface area contributed by atoms with Gasteiger partial charge in [-0.05, 0) is 55.5 Å². The van der Waals surface area contributed by atoms with Gasteiger partial charge in [-0.3, -0.25) is 0 Å². The lowest BCUT2D eigenvalue weighted by Gasteiger charge is -2.40. The molecule has 11 heteroatoms. The number of anilines is 2. The molecule has 1 fully saturated rings. The van der Waals surface area contributed by atoms with Crippen molar-refractivity contribution in [3.05, 3.63) is 84.2 Å². The summed E-state index contributed by atoms with van der Waals surface area (Å²) in [5.74, 6) is 0.364. The fourth-order valence-corrected chi connectivity index (χ4v) is 4.53. The highest BCUT2D eigenvalue weighted by Crippen LogP contribution is 2.33. The van der Waals surface area contributed by atoms with Crippen LogP contribution in [-0.4, -0.2) is 46.8 Å². The molecule has 0 bridgehead atoms. The van der Waals surface area contributed by atoms with Crippen LogP contribution in [0, 0.1) is 5.82 Å². The van der Waals surface area contributed by atoms with Gasteiger partial charge in [0.05, 0.1) is 5.56 Å². The van der Waals surface area contributed by atoms with Crippen molar-refractivity contribution in [3.63, 3.8) is 0 Å². The molecule has 1 aromatic heterocycles. The summed E-state index contributed by atoms with van der Waals surface area (Å²) in [6, 6.07) is 17.6. The number of nitrogens with one attached hydrogen (secondary N) is 1. The minimum absolute atomic E-state index is 0. The van der Waals surface area contributed by atoms with E-state index in [1.54, 1.807) is 17.0 Å². The predicted molar refractivity (Wildman–Crippen MR) is 141 cm³/mol. The summed E-state index contributed by atoms with van der Waals surface area (Å²) in [7, 11) is 0. The van der Waals surface area contributed by atoms with Crippen LogP contribution >= 0.6 is 12.4 Å². The zero-order valence-corrected chi connectivity index (χ0v) is 21.1. The molecule has 0 unspecified atom stereocenters. The van der Waals surface area contributed by atoms with Crippen LogP contribution in [0.1, 0.15) is 12.5 Å². The smallest absolute Gasteiger partial charge is 0.351 e. The van der Waals surface area contributed by atoms with Gasteiger partial charge in [0.25, 0.3) is 0 Å². The molecule has 5 rings (SSSR count). The quantitative estimate of drug-likeness (QED) is 0.294. The average Bonchev–Trinajstić information content (AvgIpc) is 2.88. The van der Waals surface area contributed by atoms with Gasteiger partial charge in [-0.2, -0.15) is 13.2 Å². The molecule has 0 spiro atoms. The zero-order chi connectivity index (χ0) is 26.2. The van der Waals surface area contributed by atoms with Crippen molar-refractivity contribution in [2.75, 3.05) is 29.9 Å². The van der Waals surface area contributed by atoms with Crippen molar-refractivity contribution in [2.24, 2.45) is 0 Å². The normalized spacial score (nSPS) is 15.8. The molecule has 0 aliphatic carbocycles. The molecule has 38 heavy (non-hydrogen) atoms. The van der Waals surface area contributed by atoms with Gasteiger partial charge in [0.1, 0.15) is 11.5 Å². The Balaban J connectivity index is 0.00000336.